The molecule has 4 nitrogen and oxygen atoms in total. The van der Waals surface area contributed by atoms with Crippen LogP contribution in [0.3, 0.4) is 0 Å². The SMILES string of the molecule is C[C@@H](Cc1ccc(C(F)(F)F)nc1)CN1CCC2(C1)CS(=O)(=O)C2. The van der Waals surface area contributed by atoms with Crippen LogP contribution in [0.2, 0.25) is 0 Å². The molecule has 3 rings (SSSR count). The first-order chi connectivity index (χ1) is 11.1. The summed E-state index contributed by atoms with van der Waals surface area (Å²) in [7, 11) is -2.82. The van der Waals surface area contributed by atoms with Crippen molar-refractivity contribution in [2.75, 3.05) is 31.1 Å². The predicted molar refractivity (Wildman–Crippen MR) is 84.3 cm³/mol. The van der Waals surface area contributed by atoms with Gasteiger partial charge in [-0.15, -0.1) is 0 Å². The van der Waals surface area contributed by atoms with Gasteiger partial charge in [0.15, 0.2) is 9.84 Å². The molecule has 0 saturated carbocycles. The molecule has 0 amide bonds. The van der Waals surface area contributed by atoms with Crippen molar-refractivity contribution in [1.29, 1.82) is 0 Å². The van der Waals surface area contributed by atoms with Crippen molar-refractivity contribution in [2.24, 2.45) is 11.3 Å². The van der Waals surface area contributed by atoms with E-state index < -0.39 is 21.7 Å². The maximum absolute atomic E-state index is 12.5. The molecule has 2 aliphatic rings. The largest absolute Gasteiger partial charge is 0.433 e. The summed E-state index contributed by atoms with van der Waals surface area (Å²) in [5.74, 6) is 0.872. The summed E-state index contributed by atoms with van der Waals surface area (Å²) < 4.78 is 60.3. The number of aromatic nitrogens is 1. The minimum Gasteiger partial charge on any atom is -0.302 e. The van der Waals surface area contributed by atoms with Crippen molar-refractivity contribution in [1.82, 2.24) is 9.88 Å². The van der Waals surface area contributed by atoms with Crippen LogP contribution >= 0.6 is 0 Å². The number of rotatable bonds is 4. The average Bonchev–Trinajstić information content (AvgIpc) is 2.79. The number of likely N-dealkylation sites (tertiary alicyclic amines) is 1. The maximum atomic E-state index is 12.5. The van der Waals surface area contributed by atoms with E-state index in [1.807, 2.05) is 0 Å². The van der Waals surface area contributed by atoms with Crippen LogP contribution in [0.4, 0.5) is 13.2 Å². The summed E-state index contributed by atoms with van der Waals surface area (Å²) in [6, 6.07) is 2.50. The van der Waals surface area contributed by atoms with Crippen LogP contribution in [0.15, 0.2) is 18.3 Å². The first-order valence-electron chi connectivity index (χ1n) is 8.02. The summed E-state index contributed by atoms with van der Waals surface area (Å²) in [4.78, 5) is 5.77. The quantitative estimate of drug-likeness (QED) is 0.825. The van der Waals surface area contributed by atoms with E-state index in [1.54, 1.807) is 0 Å². The topological polar surface area (TPSA) is 50.3 Å². The van der Waals surface area contributed by atoms with Gasteiger partial charge in [0, 0.05) is 24.7 Å². The summed E-state index contributed by atoms with van der Waals surface area (Å²) in [5, 5.41) is 0. The highest BCUT2D eigenvalue weighted by atomic mass is 32.2. The van der Waals surface area contributed by atoms with Crippen molar-refractivity contribution < 1.29 is 21.6 Å². The third-order valence-electron chi connectivity index (χ3n) is 4.84. The third kappa shape index (κ3) is 3.91. The lowest BCUT2D eigenvalue weighted by molar-refractivity contribution is -0.141. The second-order valence-corrected chi connectivity index (χ2v) is 9.44. The molecule has 0 N–H and O–H groups in total. The number of hydrogen-bond donors (Lipinski definition) is 0. The van der Waals surface area contributed by atoms with E-state index in [-0.39, 0.29) is 11.3 Å². The van der Waals surface area contributed by atoms with Gasteiger partial charge in [0.05, 0.1) is 11.5 Å². The molecule has 2 aliphatic heterocycles. The second-order valence-electron chi connectivity index (χ2n) is 7.38. The Morgan fingerprint density at radius 2 is 2.04 bits per heavy atom. The predicted octanol–water partition coefficient (Wildman–Crippen LogP) is 2.40. The van der Waals surface area contributed by atoms with E-state index in [9.17, 15) is 21.6 Å². The molecule has 2 fully saturated rings. The molecule has 1 spiro atoms. The van der Waals surface area contributed by atoms with Crippen LogP contribution in [0.25, 0.3) is 0 Å². The highest BCUT2D eigenvalue weighted by Crippen LogP contribution is 2.41. The molecule has 24 heavy (non-hydrogen) atoms. The highest BCUT2D eigenvalue weighted by molar-refractivity contribution is 7.92. The fourth-order valence-corrected chi connectivity index (χ4v) is 6.18. The minimum absolute atomic E-state index is 0.0472. The molecule has 134 valence electrons. The zero-order chi connectivity index (χ0) is 17.6. The van der Waals surface area contributed by atoms with Crippen molar-refractivity contribution in [2.45, 2.75) is 25.9 Å². The van der Waals surface area contributed by atoms with Crippen LogP contribution < -0.4 is 0 Å². The van der Waals surface area contributed by atoms with Gasteiger partial charge in [-0.2, -0.15) is 13.2 Å². The number of sulfone groups is 1. The molecule has 0 unspecified atom stereocenters. The molecule has 1 atom stereocenters. The summed E-state index contributed by atoms with van der Waals surface area (Å²) in [6.45, 7) is 4.58. The first kappa shape index (κ1) is 17.7. The zero-order valence-electron chi connectivity index (χ0n) is 13.5. The van der Waals surface area contributed by atoms with E-state index in [0.717, 1.165) is 37.7 Å². The monoisotopic (exact) mass is 362 g/mol. The smallest absolute Gasteiger partial charge is 0.302 e. The van der Waals surface area contributed by atoms with Gasteiger partial charge in [-0.25, -0.2) is 8.42 Å². The number of halogens is 3. The zero-order valence-corrected chi connectivity index (χ0v) is 14.3. The molecule has 0 aliphatic carbocycles. The van der Waals surface area contributed by atoms with Gasteiger partial charge in [-0.3, -0.25) is 4.98 Å². The van der Waals surface area contributed by atoms with Crippen LogP contribution in [0, 0.1) is 11.3 Å². The molecular formula is C16H21F3N2O2S. The molecule has 0 radical (unpaired) electrons. The second kappa shape index (κ2) is 5.98. The van der Waals surface area contributed by atoms with E-state index in [2.05, 4.69) is 16.8 Å². The Hall–Kier alpha value is -1.15. The Bertz CT molecular complexity index is 689. The van der Waals surface area contributed by atoms with Crippen LogP contribution in [-0.4, -0.2) is 49.4 Å². The minimum atomic E-state index is -4.41. The summed E-state index contributed by atoms with van der Waals surface area (Å²) >= 11 is 0. The van der Waals surface area contributed by atoms with Crippen molar-refractivity contribution in [3.05, 3.63) is 29.6 Å². The van der Waals surface area contributed by atoms with Crippen molar-refractivity contribution in [3.8, 4) is 0 Å². The molecule has 0 bridgehead atoms. The lowest BCUT2D eigenvalue weighted by atomic mass is 9.91. The van der Waals surface area contributed by atoms with Crippen LogP contribution in [-0.2, 0) is 22.4 Å². The van der Waals surface area contributed by atoms with Crippen molar-refractivity contribution in [3.63, 3.8) is 0 Å². The summed E-state index contributed by atoms with van der Waals surface area (Å²) in [6.07, 6.45) is -1.53. The van der Waals surface area contributed by atoms with E-state index in [0.29, 0.717) is 17.9 Å². The fraction of sp³-hybridized carbons (Fsp3) is 0.688. The number of pyridine rings is 1. The standard InChI is InChI=1S/C16H21F3N2O2S/c1-12(6-13-2-3-14(20-7-13)16(17,18)19)8-21-5-4-15(9-21)10-24(22,23)11-15/h2-3,7,12H,4-6,8-11H2,1H3/t12-/m0/s1. The van der Waals surface area contributed by atoms with Gasteiger partial charge >= 0.3 is 6.18 Å². The van der Waals surface area contributed by atoms with Gasteiger partial charge < -0.3 is 4.90 Å². The van der Waals surface area contributed by atoms with E-state index in [4.69, 9.17) is 0 Å². The number of hydrogen-bond acceptors (Lipinski definition) is 4. The first-order valence-corrected chi connectivity index (χ1v) is 9.84. The Balaban J connectivity index is 1.50. The van der Waals surface area contributed by atoms with Crippen molar-refractivity contribution >= 4 is 9.84 Å². The van der Waals surface area contributed by atoms with E-state index >= 15 is 0 Å². The molecule has 8 heteroatoms. The van der Waals surface area contributed by atoms with Crippen LogP contribution in [0.1, 0.15) is 24.6 Å². The molecular weight excluding hydrogens is 341 g/mol. The normalized spacial score (nSPS) is 24.0. The number of alkyl halides is 3. The molecule has 3 heterocycles. The average molecular weight is 362 g/mol. The van der Waals surface area contributed by atoms with E-state index in [1.165, 1.54) is 12.3 Å². The molecule has 1 aromatic rings. The molecule has 2 saturated heterocycles. The van der Waals surface area contributed by atoms with Gasteiger partial charge in [0.2, 0.25) is 0 Å². The lowest BCUT2D eigenvalue weighted by Gasteiger charge is -2.37. The Kier molecular flexibility index (Phi) is 4.40. The Labute approximate surface area is 140 Å². The van der Waals surface area contributed by atoms with Crippen LogP contribution in [0.5, 0.6) is 0 Å². The van der Waals surface area contributed by atoms with Gasteiger partial charge in [0.25, 0.3) is 0 Å². The maximum Gasteiger partial charge on any atom is 0.433 e. The van der Waals surface area contributed by atoms with Gasteiger partial charge in [0.1, 0.15) is 5.69 Å². The van der Waals surface area contributed by atoms with Gasteiger partial charge in [-0.1, -0.05) is 13.0 Å². The summed E-state index contributed by atoms with van der Waals surface area (Å²) in [5.41, 5.74) is -0.128. The fourth-order valence-electron chi connectivity index (χ4n) is 3.93. The highest BCUT2D eigenvalue weighted by Gasteiger charge is 2.51. The van der Waals surface area contributed by atoms with Gasteiger partial charge in [-0.05, 0) is 36.9 Å². The molecule has 1 aromatic heterocycles. The Morgan fingerprint density at radius 3 is 2.58 bits per heavy atom. The number of nitrogens with zero attached hydrogens (tertiary/aromatic N) is 2. The molecule has 0 aromatic carbocycles. The third-order valence-corrected chi connectivity index (χ3v) is 6.94. The lowest BCUT2D eigenvalue weighted by Crippen LogP contribution is -2.50. The Morgan fingerprint density at radius 1 is 1.33 bits per heavy atom.